The van der Waals surface area contributed by atoms with Gasteiger partial charge in [0.2, 0.25) is 0 Å². The zero-order valence-corrected chi connectivity index (χ0v) is 6.59. The van der Waals surface area contributed by atoms with Crippen LogP contribution in [0.1, 0.15) is 11.6 Å². The molecule has 1 rings (SSSR count). The maximum absolute atomic E-state index is 8.24. The van der Waals surface area contributed by atoms with E-state index in [0.29, 0.717) is 0 Å². The molecule has 1 aromatic carbocycles. The molecule has 0 unspecified atom stereocenters. The van der Waals surface area contributed by atoms with Gasteiger partial charge in [0.05, 0.1) is 6.04 Å². The fourth-order valence-corrected chi connectivity index (χ4v) is 0.956. The van der Waals surface area contributed by atoms with Crippen LogP contribution < -0.4 is 0 Å². The van der Waals surface area contributed by atoms with Crippen LogP contribution in [0.3, 0.4) is 0 Å². The van der Waals surface area contributed by atoms with Crippen molar-refractivity contribution in [1.29, 1.82) is 0 Å². The van der Waals surface area contributed by atoms with Gasteiger partial charge in [0.25, 0.3) is 0 Å². The molecule has 0 saturated heterocycles. The minimum absolute atomic E-state index is 0.254. The molecule has 0 aliphatic carbocycles. The molecule has 3 nitrogen and oxygen atoms in total. The van der Waals surface area contributed by atoms with Gasteiger partial charge >= 0.3 is 0 Å². The van der Waals surface area contributed by atoms with E-state index in [-0.39, 0.29) is 6.04 Å². The van der Waals surface area contributed by atoms with Crippen molar-refractivity contribution in [2.75, 3.05) is 0 Å². The average Bonchev–Trinajstić information content (AvgIpc) is 2.15. The molecule has 0 bridgehead atoms. The molecular formula is C9H9N3. The molecule has 0 spiro atoms. The first-order valence-corrected chi connectivity index (χ1v) is 3.60. The monoisotopic (exact) mass is 159 g/mol. The molecule has 0 N–H and O–H groups in total. The summed E-state index contributed by atoms with van der Waals surface area (Å²) in [5, 5.41) is 3.58. The van der Waals surface area contributed by atoms with Crippen LogP contribution in [0.15, 0.2) is 48.1 Å². The molecular weight excluding hydrogens is 150 g/mol. The van der Waals surface area contributed by atoms with Crippen molar-refractivity contribution in [3.8, 4) is 0 Å². The Morgan fingerprint density at radius 1 is 1.42 bits per heavy atom. The topological polar surface area (TPSA) is 48.8 Å². The van der Waals surface area contributed by atoms with Gasteiger partial charge in [-0.3, -0.25) is 0 Å². The van der Waals surface area contributed by atoms with Crippen LogP contribution in [0.5, 0.6) is 0 Å². The summed E-state index contributed by atoms with van der Waals surface area (Å²) in [7, 11) is 0. The highest BCUT2D eigenvalue weighted by molar-refractivity contribution is 5.22. The van der Waals surface area contributed by atoms with Crippen molar-refractivity contribution in [2.24, 2.45) is 5.11 Å². The van der Waals surface area contributed by atoms with E-state index in [9.17, 15) is 0 Å². The van der Waals surface area contributed by atoms with Gasteiger partial charge in [0.1, 0.15) is 0 Å². The second-order valence-electron chi connectivity index (χ2n) is 2.30. The molecule has 3 heteroatoms. The Morgan fingerprint density at radius 3 is 2.58 bits per heavy atom. The molecule has 0 aliphatic rings. The van der Waals surface area contributed by atoms with Gasteiger partial charge in [-0.25, -0.2) is 0 Å². The number of azide groups is 1. The Balaban J connectivity index is 2.94. The second-order valence-corrected chi connectivity index (χ2v) is 2.30. The Hall–Kier alpha value is -1.73. The molecule has 0 radical (unpaired) electrons. The largest absolute Gasteiger partial charge is 0.102 e. The third-order valence-electron chi connectivity index (χ3n) is 1.54. The third-order valence-corrected chi connectivity index (χ3v) is 1.54. The van der Waals surface area contributed by atoms with Gasteiger partial charge in [-0.1, -0.05) is 41.5 Å². The third kappa shape index (κ3) is 1.87. The maximum Gasteiger partial charge on any atom is 0.0803 e. The molecule has 12 heavy (non-hydrogen) atoms. The van der Waals surface area contributed by atoms with Crippen LogP contribution in [0, 0.1) is 0 Å². The summed E-state index contributed by atoms with van der Waals surface area (Å²) in [6, 6.07) is 9.27. The quantitative estimate of drug-likeness (QED) is 0.281. The van der Waals surface area contributed by atoms with Gasteiger partial charge in [0.15, 0.2) is 0 Å². The summed E-state index contributed by atoms with van der Waals surface area (Å²) in [5.74, 6) is 0. The lowest BCUT2D eigenvalue weighted by molar-refractivity contribution is 0.900. The van der Waals surface area contributed by atoms with Gasteiger partial charge in [-0.15, -0.1) is 6.58 Å². The van der Waals surface area contributed by atoms with Crippen LogP contribution >= 0.6 is 0 Å². The lowest BCUT2D eigenvalue weighted by atomic mass is 10.1. The average molecular weight is 159 g/mol. The van der Waals surface area contributed by atoms with Gasteiger partial charge < -0.3 is 0 Å². The van der Waals surface area contributed by atoms with Crippen LogP contribution in [0.2, 0.25) is 0 Å². The van der Waals surface area contributed by atoms with E-state index < -0.39 is 0 Å². The Morgan fingerprint density at radius 2 is 2.08 bits per heavy atom. The van der Waals surface area contributed by atoms with E-state index in [2.05, 4.69) is 16.6 Å². The summed E-state index contributed by atoms with van der Waals surface area (Å²) in [4.78, 5) is 2.74. The molecule has 60 valence electrons. The Kier molecular flexibility index (Phi) is 2.94. The molecule has 0 heterocycles. The van der Waals surface area contributed by atoms with E-state index in [1.165, 1.54) is 0 Å². The summed E-state index contributed by atoms with van der Waals surface area (Å²) in [5.41, 5.74) is 9.20. The first-order valence-electron chi connectivity index (χ1n) is 3.60. The maximum atomic E-state index is 8.24. The van der Waals surface area contributed by atoms with Crippen molar-refractivity contribution in [1.82, 2.24) is 0 Å². The predicted molar refractivity (Wildman–Crippen MR) is 48.5 cm³/mol. The van der Waals surface area contributed by atoms with Gasteiger partial charge in [0, 0.05) is 4.91 Å². The van der Waals surface area contributed by atoms with Crippen LogP contribution in [-0.4, -0.2) is 0 Å². The van der Waals surface area contributed by atoms with E-state index in [1.807, 2.05) is 30.3 Å². The summed E-state index contributed by atoms with van der Waals surface area (Å²) < 4.78 is 0. The Labute approximate surface area is 71.0 Å². The summed E-state index contributed by atoms with van der Waals surface area (Å²) in [6.07, 6.45) is 1.62. The summed E-state index contributed by atoms with van der Waals surface area (Å²) in [6.45, 7) is 3.59. The lowest BCUT2D eigenvalue weighted by Crippen LogP contribution is -1.87. The van der Waals surface area contributed by atoms with Crippen LogP contribution in [0.4, 0.5) is 0 Å². The van der Waals surface area contributed by atoms with Crippen molar-refractivity contribution in [3.63, 3.8) is 0 Å². The first-order chi connectivity index (χ1) is 5.88. The number of nitrogens with zero attached hydrogens (tertiary/aromatic N) is 3. The minimum atomic E-state index is -0.254. The normalized spacial score (nSPS) is 11.3. The SMILES string of the molecule is C=C[C@@H](N=[N+]=[N-])c1ccccc1. The number of rotatable bonds is 3. The van der Waals surface area contributed by atoms with E-state index >= 15 is 0 Å². The standard InChI is InChI=1S/C9H9N3/c1-2-9(11-12-10)8-6-4-3-5-7-8/h2-7,9H,1H2/t9-/m1/s1. The fraction of sp³-hybridized carbons (Fsp3) is 0.111. The van der Waals surface area contributed by atoms with Crippen LogP contribution in [-0.2, 0) is 0 Å². The molecule has 1 atom stereocenters. The first kappa shape index (κ1) is 8.37. The van der Waals surface area contributed by atoms with E-state index in [1.54, 1.807) is 6.08 Å². The lowest BCUT2D eigenvalue weighted by Gasteiger charge is -2.03. The van der Waals surface area contributed by atoms with Crippen molar-refractivity contribution >= 4 is 0 Å². The molecule has 0 aromatic heterocycles. The van der Waals surface area contributed by atoms with E-state index in [4.69, 9.17) is 5.53 Å². The molecule has 0 aliphatic heterocycles. The molecule has 0 amide bonds. The minimum Gasteiger partial charge on any atom is -0.102 e. The highest BCUT2D eigenvalue weighted by atomic mass is 15.1. The molecule has 0 saturated carbocycles. The van der Waals surface area contributed by atoms with E-state index in [0.717, 1.165) is 5.56 Å². The second kappa shape index (κ2) is 4.21. The van der Waals surface area contributed by atoms with Crippen molar-refractivity contribution < 1.29 is 0 Å². The molecule has 0 fully saturated rings. The number of hydrogen-bond donors (Lipinski definition) is 0. The van der Waals surface area contributed by atoms with Crippen LogP contribution in [0.25, 0.3) is 10.4 Å². The predicted octanol–water partition coefficient (Wildman–Crippen LogP) is 3.22. The Bertz CT molecular complexity index is 299. The number of hydrogen-bond acceptors (Lipinski definition) is 1. The van der Waals surface area contributed by atoms with Crippen molar-refractivity contribution in [3.05, 3.63) is 59.0 Å². The van der Waals surface area contributed by atoms with Gasteiger partial charge in [-0.2, -0.15) is 0 Å². The fourth-order valence-electron chi connectivity index (χ4n) is 0.956. The highest BCUT2D eigenvalue weighted by Gasteiger charge is 2.01. The highest BCUT2D eigenvalue weighted by Crippen LogP contribution is 2.17. The van der Waals surface area contributed by atoms with Gasteiger partial charge in [-0.05, 0) is 11.1 Å². The summed E-state index contributed by atoms with van der Waals surface area (Å²) >= 11 is 0. The molecule has 1 aromatic rings. The smallest absolute Gasteiger partial charge is 0.0803 e. The zero-order chi connectivity index (χ0) is 8.81. The zero-order valence-electron chi connectivity index (χ0n) is 6.59. The number of benzene rings is 1. The van der Waals surface area contributed by atoms with Crippen molar-refractivity contribution in [2.45, 2.75) is 6.04 Å².